The highest BCUT2D eigenvalue weighted by molar-refractivity contribution is 9.10. The van der Waals surface area contributed by atoms with E-state index in [1.165, 1.54) is 0 Å². The number of ether oxygens (including phenoxy) is 1. The molecule has 7 nitrogen and oxygen atoms in total. The Morgan fingerprint density at radius 1 is 1.35 bits per heavy atom. The molecule has 1 fully saturated rings. The van der Waals surface area contributed by atoms with Crippen LogP contribution in [0.2, 0.25) is 0 Å². The molecule has 2 aromatic rings. The van der Waals surface area contributed by atoms with Crippen LogP contribution < -0.4 is 11.3 Å². The van der Waals surface area contributed by atoms with Gasteiger partial charge in [0.15, 0.2) is 0 Å². The molecule has 1 amide bonds. The Labute approximate surface area is 160 Å². The van der Waals surface area contributed by atoms with Crippen molar-refractivity contribution >= 4 is 38.7 Å². The third-order valence-corrected chi connectivity index (χ3v) is 4.78. The maximum Gasteiger partial charge on any atom is 0.414 e. The van der Waals surface area contributed by atoms with E-state index in [1.807, 2.05) is 18.2 Å². The molecule has 0 radical (unpaired) electrons. The number of halogens is 1. The van der Waals surface area contributed by atoms with Crippen molar-refractivity contribution in [2.45, 2.75) is 13.5 Å². The van der Waals surface area contributed by atoms with Gasteiger partial charge in [-0.25, -0.2) is 15.6 Å². The molecule has 1 saturated heterocycles. The summed E-state index contributed by atoms with van der Waals surface area (Å²) in [6.07, 6.45) is -0.328. The van der Waals surface area contributed by atoms with E-state index in [9.17, 15) is 4.79 Å². The van der Waals surface area contributed by atoms with Crippen molar-refractivity contribution in [2.75, 3.05) is 31.6 Å². The van der Waals surface area contributed by atoms with Crippen molar-refractivity contribution in [3.8, 4) is 0 Å². The molecule has 8 heteroatoms. The molecule has 1 aromatic carbocycles. The zero-order valence-corrected chi connectivity index (χ0v) is 16.3. The van der Waals surface area contributed by atoms with Crippen LogP contribution in [-0.4, -0.2) is 47.1 Å². The first-order valence-corrected chi connectivity index (χ1v) is 9.16. The average Bonchev–Trinajstić information content (AvgIpc) is 2.61. The number of nitrogens with one attached hydrogen (secondary N) is 1. The van der Waals surface area contributed by atoms with Gasteiger partial charge >= 0.3 is 6.09 Å². The van der Waals surface area contributed by atoms with E-state index in [4.69, 9.17) is 10.6 Å². The van der Waals surface area contributed by atoms with Gasteiger partial charge in [0.1, 0.15) is 5.82 Å². The first kappa shape index (κ1) is 18.6. The zero-order chi connectivity index (χ0) is 18.7. The number of rotatable bonds is 4. The molecule has 3 N–H and O–H groups in total. The van der Waals surface area contributed by atoms with Crippen LogP contribution >= 0.6 is 15.9 Å². The van der Waals surface area contributed by atoms with E-state index in [0.29, 0.717) is 24.7 Å². The van der Waals surface area contributed by atoms with Gasteiger partial charge in [-0.2, -0.15) is 0 Å². The van der Waals surface area contributed by atoms with Crippen LogP contribution in [0.1, 0.15) is 12.5 Å². The monoisotopic (exact) mass is 419 g/mol. The molecule has 1 aliphatic heterocycles. The number of amides is 1. The summed E-state index contributed by atoms with van der Waals surface area (Å²) in [6.45, 7) is 8.84. The van der Waals surface area contributed by atoms with Gasteiger partial charge in [-0.3, -0.25) is 4.90 Å². The summed E-state index contributed by atoms with van der Waals surface area (Å²) in [5, 5.41) is 1.09. The van der Waals surface area contributed by atoms with Crippen molar-refractivity contribution in [1.82, 2.24) is 14.8 Å². The minimum absolute atomic E-state index is 0.328. The SMILES string of the molecule is C=C(C)OC(=O)N1CCN(Cc2cc(NN)nc3cc(Br)ccc23)CC1. The molecule has 26 heavy (non-hydrogen) atoms. The van der Waals surface area contributed by atoms with Gasteiger partial charge in [-0.05, 0) is 30.7 Å². The summed E-state index contributed by atoms with van der Waals surface area (Å²) in [5.74, 6) is 6.61. The van der Waals surface area contributed by atoms with Crippen LogP contribution in [0.25, 0.3) is 10.9 Å². The zero-order valence-electron chi connectivity index (χ0n) is 14.7. The van der Waals surface area contributed by atoms with Crippen LogP contribution in [0.4, 0.5) is 10.6 Å². The minimum atomic E-state index is -0.328. The normalized spacial score (nSPS) is 15.1. The largest absolute Gasteiger partial charge is 0.416 e. The highest BCUT2D eigenvalue weighted by Crippen LogP contribution is 2.25. The second-order valence-electron chi connectivity index (χ2n) is 6.31. The summed E-state index contributed by atoms with van der Waals surface area (Å²) in [5.41, 5.74) is 4.66. The number of hydrazine groups is 1. The number of allylic oxidation sites excluding steroid dienone is 1. The van der Waals surface area contributed by atoms with Crippen LogP contribution in [0.5, 0.6) is 0 Å². The van der Waals surface area contributed by atoms with Gasteiger partial charge in [-0.15, -0.1) is 0 Å². The number of anilines is 1. The maximum absolute atomic E-state index is 12.0. The van der Waals surface area contributed by atoms with E-state index in [-0.39, 0.29) is 6.09 Å². The topological polar surface area (TPSA) is 83.7 Å². The predicted octanol–water partition coefficient (Wildman–Crippen LogP) is 3.07. The predicted molar refractivity (Wildman–Crippen MR) is 105 cm³/mol. The number of fused-ring (bicyclic) bond motifs is 1. The summed E-state index contributed by atoms with van der Waals surface area (Å²) in [4.78, 5) is 20.5. The van der Waals surface area contributed by atoms with Gasteiger partial charge < -0.3 is 15.1 Å². The van der Waals surface area contributed by atoms with E-state index < -0.39 is 0 Å². The van der Waals surface area contributed by atoms with Gasteiger partial charge in [0.05, 0.1) is 11.3 Å². The smallest absolute Gasteiger partial charge is 0.414 e. The van der Waals surface area contributed by atoms with E-state index in [1.54, 1.807) is 11.8 Å². The highest BCUT2D eigenvalue weighted by Gasteiger charge is 2.23. The van der Waals surface area contributed by atoms with Gasteiger partial charge in [0, 0.05) is 42.6 Å². The molecule has 0 spiro atoms. The fraction of sp³-hybridized carbons (Fsp3) is 0.333. The quantitative estimate of drug-likeness (QED) is 0.450. The van der Waals surface area contributed by atoms with Crippen LogP contribution in [0.15, 0.2) is 41.1 Å². The molecule has 3 rings (SSSR count). The Kier molecular flexibility index (Phi) is 5.75. The Balaban J connectivity index is 1.72. The van der Waals surface area contributed by atoms with Gasteiger partial charge in [0.25, 0.3) is 0 Å². The number of nitrogen functional groups attached to an aromatic ring is 1. The Bertz CT molecular complexity index is 834. The molecular weight excluding hydrogens is 398 g/mol. The van der Waals surface area contributed by atoms with E-state index >= 15 is 0 Å². The molecule has 0 unspecified atom stereocenters. The molecular formula is C18H22BrN5O2. The second kappa shape index (κ2) is 8.03. The second-order valence-corrected chi connectivity index (χ2v) is 7.22. The third-order valence-electron chi connectivity index (χ3n) is 4.29. The maximum atomic E-state index is 12.0. The average molecular weight is 420 g/mol. The fourth-order valence-electron chi connectivity index (χ4n) is 3.02. The number of benzene rings is 1. The Morgan fingerprint density at radius 2 is 2.08 bits per heavy atom. The number of hydrogen-bond donors (Lipinski definition) is 2. The molecule has 0 bridgehead atoms. The van der Waals surface area contributed by atoms with Crippen molar-refractivity contribution < 1.29 is 9.53 Å². The molecule has 2 heterocycles. The number of pyridine rings is 1. The van der Waals surface area contributed by atoms with E-state index in [0.717, 1.165) is 40.6 Å². The molecule has 138 valence electrons. The minimum Gasteiger partial charge on any atom is -0.416 e. The van der Waals surface area contributed by atoms with Crippen LogP contribution in [0.3, 0.4) is 0 Å². The number of carbonyl (C=O) groups is 1. The van der Waals surface area contributed by atoms with Gasteiger partial charge in [0.2, 0.25) is 0 Å². The van der Waals surface area contributed by atoms with Crippen LogP contribution in [-0.2, 0) is 11.3 Å². The third kappa shape index (κ3) is 4.32. The first-order chi connectivity index (χ1) is 12.5. The first-order valence-electron chi connectivity index (χ1n) is 8.36. The van der Waals surface area contributed by atoms with Crippen molar-refractivity contribution in [1.29, 1.82) is 0 Å². The number of nitrogens with two attached hydrogens (primary N) is 1. The number of aromatic nitrogens is 1. The standard InChI is InChI=1S/C18H22BrN5O2/c1-12(2)26-18(25)24-7-5-23(6-8-24)11-13-9-17(22-20)21-16-10-14(19)3-4-15(13)16/h3-4,9-10H,1,5-8,11,20H2,2H3,(H,21,22). The number of hydrogen-bond acceptors (Lipinski definition) is 6. The molecule has 1 aliphatic rings. The van der Waals surface area contributed by atoms with Crippen molar-refractivity contribution in [3.63, 3.8) is 0 Å². The van der Waals surface area contributed by atoms with Crippen molar-refractivity contribution in [3.05, 3.63) is 46.6 Å². The lowest BCUT2D eigenvalue weighted by molar-refractivity contribution is 0.0928. The molecule has 0 aliphatic carbocycles. The fourth-order valence-corrected chi connectivity index (χ4v) is 3.37. The lowest BCUT2D eigenvalue weighted by atomic mass is 10.1. The van der Waals surface area contributed by atoms with Crippen LogP contribution in [0, 0.1) is 0 Å². The highest BCUT2D eigenvalue weighted by atomic mass is 79.9. The Hall–Kier alpha value is -2.16. The molecule has 1 aromatic heterocycles. The lowest BCUT2D eigenvalue weighted by Gasteiger charge is -2.34. The summed E-state index contributed by atoms with van der Waals surface area (Å²) < 4.78 is 6.06. The molecule has 0 saturated carbocycles. The Morgan fingerprint density at radius 3 is 2.73 bits per heavy atom. The van der Waals surface area contributed by atoms with Crippen molar-refractivity contribution in [2.24, 2.45) is 5.84 Å². The molecule has 0 atom stereocenters. The summed E-state index contributed by atoms with van der Waals surface area (Å²) in [6, 6.07) is 8.01. The summed E-state index contributed by atoms with van der Waals surface area (Å²) in [7, 11) is 0. The number of piperazine rings is 1. The number of carbonyl (C=O) groups excluding carboxylic acids is 1. The van der Waals surface area contributed by atoms with Gasteiger partial charge in [-0.1, -0.05) is 28.6 Å². The summed E-state index contributed by atoms with van der Waals surface area (Å²) >= 11 is 3.48. The lowest BCUT2D eigenvalue weighted by Crippen LogP contribution is -2.48. The number of nitrogens with zero attached hydrogens (tertiary/aromatic N) is 3. The van der Waals surface area contributed by atoms with E-state index in [2.05, 4.69) is 43.9 Å².